The van der Waals surface area contributed by atoms with Crippen molar-refractivity contribution in [3.8, 4) is 0 Å². The van der Waals surface area contributed by atoms with Crippen molar-refractivity contribution in [2.75, 3.05) is 23.7 Å². The minimum Gasteiger partial charge on any atom is -0.396 e. The normalized spacial score (nSPS) is 20.6. The number of nitrogens with zero attached hydrogens (tertiary/aromatic N) is 3. The Hall–Kier alpha value is -2.89. The fourth-order valence-corrected chi connectivity index (χ4v) is 3.78. The molecule has 0 bridgehead atoms. The maximum absolute atomic E-state index is 12.8. The number of rotatable bonds is 2. The van der Waals surface area contributed by atoms with Crippen LogP contribution in [0, 0.1) is 0 Å². The molecule has 3 heterocycles. The highest BCUT2D eigenvalue weighted by molar-refractivity contribution is 6.21. The minimum atomic E-state index is -0.185. The Morgan fingerprint density at radius 2 is 1.76 bits per heavy atom. The van der Waals surface area contributed by atoms with E-state index in [0.717, 1.165) is 31.5 Å². The van der Waals surface area contributed by atoms with Gasteiger partial charge in [-0.3, -0.25) is 19.5 Å². The molecular weight excluding hydrogens is 316 g/mol. The molecule has 1 unspecified atom stereocenters. The van der Waals surface area contributed by atoms with E-state index >= 15 is 0 Å². The molecule has 25 heavy (non-hydrogen) atoms. The summed E-state index contributed by atoms with van der Waals surface area (Å²) in [6.07, 6.45) is 6.14. The Balaban J connectivity index is 1.63. The summed E-state index contributed by atoms with van der Waals surface area (Å²) >= 11 is 0. The Morgan fingerprint density at radius 3 is 2.44 bits per heavy atom. The molecular formula is C19H20N4O2. The van der Waals surface area contributed by atoms with Crippen molar-refractivity contribution >= 4 is 23.2 Å². The van der Waals surface area contributed by atoms with Crippen molar-refractivity contribution in [2.24, 2.45) is 0 Å². The number of pyridine rings is 1. The van der Waals surface area contributed by atoms with Gasteiger partial charge in [0, 0.05) is 19.3 Å². The van der Waals surface area contributed by atoms with E-state index < -0.39 is 0 Å². The molecule has 0 aliphatic carbocycles. The SMILES string of the molecule is Nc1cnccc1N1CCCCC(N2C(=O)c3ccccc3C2=O)C1. The molecule has 1 saturated heterocycles. The number of nitrogens with two attached hydrogens (primary N) is 1. The molecule has 1 aromatic carbocycles. The largest absolute Gasteiger partial charge is 0.396 e. The molecule has 2 aliphatic heterocycles. The lowest BCUT2D eigenvalue weighted by Crippen LogP contribution is -2.46. The zero-order chi connectivity index (χ0) is 17.4. The number of carbonyl (C=O) groups is 2. The lowest BCUT2D eigenvalue weighted by atomic mass is 10.1. The fourth-order valence-electron chi connectivity index (χ4n) is 3.78. The van der Waals surface area contributed by atoms with Crippen LogP contribution in [0.5, 0.6) is 0 Å². The van der Waals surface area contributed by atoms with Crippen molar-refractivity contribution in [2.45, 2.75) is 25.3 Å². The zero-order valence-electron chi connectivity index (χ0n) is 13.9. The van der Waals surface area contributed by atoms with Gasteiger partial charge in [0.15, 0.2) is 0 Å². The molecule has 1 aromatic heterocycles. The van der Waals surface area contributed by atoms with Crippen molar-refractivity contribution in [3.05, 3.63) is 53.9 Å². The van der Waals surface area contributed by atoms with Gasteiger partial charge < -0.3 is 10.6 Å². The van der Waals surface area contributed by atoms with Crippen LogP contribution in [0.3, 0.4) is 0 Å². The molecule has 6 nitrogen and oxygen atoms in total. The third-order valence-corrected chi connectivity index (χ3v) is 5.01. The number of anilines is 2. The van der Waals surface area contributed by atoms with Crippen molar-refractivity contribution in [1.29, 1.82) is 0 Å². The molecule has 1 fully saturated rings. The second-order valence-electron chi connectivity index (χ2n) is 6.56. The molecule has 1 atom stereocenters. The first-order valence-corrected chi connectivity index (χ1v) is 8.58. The average Bonchev–Trinajstić information content (AvgIpc) is 2.79. The number of nitrogen functional groups attached to an aromatic ring is 1. The van der Waals surface area contributed by atoms with E-state index in [4.69, 9.17) is 5.73 Å². The average molecular weight is 336 g/mol. The summed E-state index contributed by atoms with van der Waals surface area (Å²) in [7, 11) is 0. The quantitative estimate of drug-likeness (QED) is 0.852. The fraction of sp³-hybridized carbons (Fsp3) is 0.316. The predicted molar refractivity (Wildman–Crippen MR) is 95.4 cm³/mol. The molecule has 0 saturated carbocycles. The molecule has 4 rings (SSSR count). The molecule has 2 aliphatic rings. The van der Waals surface area contributed by atoms with Gasteiger partial charge in [0.05, 0.1) is 34.7 Å². The lowest BCUT2D eigenvalue weighted by Gasteiger charge is -2.31. The first kappa shape index (κ1) is 15.6. The van der Waals surface area contributed by atoms with Crippen molar-refractivity contribution in [3.63, 3.8) is 0 Å². The second kappa shape index (κ2) is 6.20. The van der Waals surface area contributed by atoms with Crippen molar-refractivity contribution in [1.82, 2.24) is 9.88 Å². The van der Waals surface area contributed by atoms with Gasteiger partial charge in [0.25, 0.3) is 11.8 Å². The Bertz CT molecular complexity index is 801. The first-order chi connectivity index (χ1) is 12.2. The van der Waals surface area contributed by atoms with Gasteiger partial charge in [-0.25, -0.2) is 0 Å². The molecule has 0 spiro atoms. The van der Waals surface area contributed by atoms with Gasteiger partial charge in [-0.05, 0) is 37.5 Å². The highest BCUT2D eigenvalue weighted by Crippen LogP contribution is 2.30. The topological polar surface area (TPSA) is 79.5 Å². The molecule has 2 amide bonds. The zero-order valence-corrected chi connectivity index (χ0v) is 13.9. The third kappa shape index (κ3) is 2.63. The molecule has 6 heteroatoms. The summed E-state index contributed by atoms with van der Waals surface area (Å²) in [4.78, 5) is 33.2. The highest BCUT2D eigenvalue weighted by Gasteiger charge is 2.40. The molecule has 2 N–H and O–H groups in total. The van der Waals surface area contributed by atoms with Crippen LogP contribution in [0.25, 0.3) is 0 Å². The third-order valence-electron chi connectivity index (χ3n) is 5.01. The Kier molecular flexibility index (Phi) is 3.87. The number of aromatic nitrogens is 1. The van der Waals surface area contributed by atoms with Gasteiger partial charge in [-0.15, -0.1) is 0 Å². The summed E-state index contributed by atoms with van der Waals surface area (Å²) in [6.45, 7) is 1.45. The summed E-state index contributed by atoms with van der Waals surface area (Å²) in [5.74, 6) is -0.370. The van der Waals surface area contributed by atoms with Crippen LogP contribution in [-0.4, -0.2) is 40.8 Å². The Labute approximate surface area is 146 Å². The second-order valence-corrected chi connectivity index (χ2v) is 6.56. The number of hydrogen-bond acceptors (Lipinski definition) is 5. The summed E-state index contributed by atoms with van der Waals surface area (Å²) in [5.41, 5.74) is 8.62. The smallest absolute Gasteiger partial charge is 0.261 e. The van der Waals surface area contributed by atoms with Crippen LogP contribution < -0.4 is 10.6 Å². The number of fused-ring (bicyclic) bond motifs is 1. The van der Waals surface area contributed by atoms with E-state index in [1.165, 1.54) is 4.90 Å². The number of amides is 2. The summed E-state index contributed by atoms with van der Waals surface area (Å²) < 4.78 is 0. The van der Waals surface area contributed by atoms with E-state index in [1.54, 1.807) is 36.7 Å². The van der Waals surface area contributed by atoms with E-state index in [-0.39, 0.29) is 17.9 Å². The van der Waals surface area contributed by atoms with Crippen LogP contribution in [0.2, 0.25) is 0 Å². The Morgan fingerprint density at radius 1 is 1.04 bits per heavy atom. The monoisotopic (exact) mass is 336 g/mol. The standard InChI is InChI=1S/C19H20N4O2/c20-16-11-21-9-8-17(16)22-10-4-3-5-13(12-22)23-18(24)14-6-1-2-7-15(14)19(23)25/h1-2,6-9,11,13H,3-5,10,12,20H2. The molecule has 0 radical (unpaired) electrons. The van der Waals surface area contributed by atoms with Crippen LogP contribution in [0.1, 0.15) is 40.0 Å². The lowest BCUT2D eigenvalue weighted by molar-refractivity contribution is 0.0583. The van der Waals surface area contributed by atoms with Gasteiger partial charge in [0.1, 0.15) is 0 Å². The van der Waals surface area contributed by atoms with Gasteiger partial charge in [0.2, 0.25) is 0 Å². The summed E-state index contributed by atoms with van der Waals surface area (Å²) in [5, 5.41) is 0. The maximum Gasteiger partial charge on any atom is 0.261 e. The number of imide groups is 1. The number of benzene rings is 1. The summed E-state index contributed by atoms with van der Waals surface area (Å²) in [6, 6.07) is 8.79. The van der Waals surface area contributed by atoms with E-state index in [9.17, 15) is 9.59 Å². The van der Waals surface area contributed by atoms with Crippen LogP contribution in [-0.2, 0) is 0 Å². The van der Waals surface area contributed by atoms with Gasteiger partial charge in [-0.1, -0.05) is 12.1 Å². The van der Waals surface area contributed by atoms with Crippen molar-refractivity contribution < 1.29 is 9.59 Å². The van der Waals surface area contributed by atoms with E-state index in [1.807, 2.05) is 6.07 Å². The maximum atomic E-state index is 12.8. The number of hydrogen-bond donors (Lipinski definition) is 1. The van der Waals surface area contributed by atoms with Gasteiger partial charge in [-0.2, -0.15) is 0 Å². The van der Waals surface area contributed by atoms with Gasteiger partial charge >= 0.3 is 0 Å². The molecule has 2 aromatic rings. The van der Waals surface area contributed by atoms with Crippen LogP contribution in [0.15, 0.2) is 42.7 Å². The molecule has 128 valence electrons. The highest BCUT2D eigenvalue weighted by atomic mass is 16.2. The first-order valence-electron chi connectivity index (χ1n) is 8.58. The number of carbonyl (C=O) groups excluding carboxylic acids is 2. The van der Waals surface area contributed by atoms with E-state index in [0.29, 0.717) is 23.4 Å². The van der Waals surface area contributed by atoms with Crippen LogP contribution >= 0.6 is 0 Å². The predicted octanol–water partition coefficient (Wildman–Crippen LogP) is 2.32. The van der Waals surface area contributed by atoms with E-state index in [2.05, 4.69) is 9.88 Å². The van der Waals surface area contributed by atoms with Crippen LogP contribution in [0.4, 0.5) is 11.4 Å². The minimum absolute atomic E-state index is 0.150.